The molecule has 3 nitrogen and oxygen atoms in total. The van der Waals surface area contributed by atoms with Crippen LogP contribution in [-0.4, -0.2) is 19.1 Å². The molecule has 1 saturated carbocycles. The average molecular weight is 269 g/mol. The number of benzene rings is 2. The molecule has 3 rings (SSSR count). The Labute approximate surface area is 118 Å². The van der Waals surface area contributed by atoms with Gasteiger partial charge >= 0.3 is 0 Å². The van der Waals surface area contributed by atoms with E-state index in [1.54, 1.807) is 0 Å². The van der Waals surface area contributed by atoms with E-state index in [-0.39, 0.29) is 11.8 Å². The first-order valence-electron chi connectivity index (χ1n) is 7.22. The van der Waals surface area contributed by atoms with Crippen LogP contribution in [0.15, 0.2) is 42.5 Å². The summed E-state index contributed by atoms with van der Waals surface area (Å²) in [4.78, 5) is 11.6. The maximum atomic E-state index is 11.6. The molecular weight excluding hydrogens is 250 g/mol. The summed E-state index contributed by atoms with van der Waals surface area (Å²) in [5.41, 5.74) is 0. The minimum absolute atomic E-state index is 0.179. The van der Waals surface area contributed by atoms with Gasteiger partial charge in [-0.15, -0.1) is 0 Å². The Morgan fingerprint density at radius 2 is 1.95 bits per heavy atom. The third-order valence-electron chi connectivity index (χ3n) is 3.87. The fraction of sp³-hybridized carbons (Fsp3) is 0.353. The number of hydrogen-bond acceptors (Lipinski definition) is 2. The van der Waals surface area contributed by atoms with Crippen LogP contribution in [-0.2, 0) is 4.79 Å². The number of carbonyl (C=O) groups excluding carboxylic acids is 1. The number of ether oxygens (including phenoxy) is 1. The van der Waals surface area contributed by atoms with Crippen molar-refractivity contribution in [1.29, 1.82) is 0 Å². The second kappa shape index (κ2) is 5.95. The lowest BCUT2D eigenvalue weighted by atomic mass is 9.85. The Kier molecular flexibility index (Phi) is 3.86. The molecule has 0 spiro atoms. The normalized spacial score (nSPS) is 14.8. The fourth-order valence-corrected chi connectivity index (χ4v) is 2.42. The minimum atomic E-state index is 0.179. The van der Waals surface area contributed by atoms with Crippen molar-refractivity contribution in [2.24, 2.45) is 5.92 Å². The van der Waals surface area contributed by atoms with Crippen molar-refractivity contribution < 1.29 is 9.53 Å². The van der Waals surface area contributed by atoms with Gasteiger partial charge in [-0.3, -0.25) is 4.79 Å². The highest BCUT2D eigenvalue weighted by atomic mass is 16.5. The van der Waals surface area contributed by atoms with E-state index in [1.165, 1.54) is 17.2 Å². The van der Waals surface area contributed by atoms with E-state index in [9.17, 15) is 4.79 Å². The number of carbonyl (C=O) groups is 1. The van der Waals surface area contributed by atoms with E-state index >= 15 is 0 Å². The molecule has 0 radical (unpaired) electrons. The number of fused-ring (bicyclic) bond motifs is 1. The summed E-state index contributed by atoms with van der Waals surface area (Å²) >= 11 is 0. The number of amides is 1. The van der Waals surface area contributed by atoms with Crippen molar-refractivity contribution in [2.75, 3.05) is 13.2 Å². The lowest BCUT2D eigenvalue weighted by Gasteiger charge is -2.23. The smallest absolute Gasteiger partial charge is 0.223 e. The summed E-state index contributed by atoms with van der Waals surface area (Å²) in [5.74, 6) is 1.27. The van der Waals surface area contributed by atoms with Gasteiger partial charge in [0.15, 0.2) is 0 Å². The molecule has 104 valence electrons. The molecule has 0 heterocycles. The highest BCUT2D eigenvalue weighted by Gasteiger charge is 2.24. The molecule has 1 amide bonds. The molecule has 0 saturated heterocycles. The van der Waals surface area contributed by atoms with Gasteiger partial charge in [-0.25, -0.2) is 0 Å². The molecule has 0 unspecified atom stereocenters. The first-order valence-corrected chi connectivity index (χ1v) is 7.22. The molecule has 0 aromatic heterocycles. The van der Waals surface area contributed by atoms with Crippen LogP contribution in [0.2, 0.25) is 0 Å². The Hall–Kier alpha value is -2.03. The van der Waals surface area contributed by atoms with Crippen LogP contribution < -0.4 is 10.1 Å². The van der Waals surface area contributed by atoms with Gasteiger partial charge in [0.05, 0.1) is 6.54 Å². The molecule has 1 aliphatic rings. The molecule has 20 heavy (non-hydrogen) atoms. The largest absolute Gasteiger partial charge is 0.492 e. The highest BCUT2D eigenvalue weighted by molar-refractivity contribution is 5.83. The molecule has 0 atom stereocenters. The van der Waals surface area contributed by atoms with Crippen LogP contribution in [0.5, 0.6) is 5.75 Å². The van der Waals surface area contributed by atoms with Crippen molar-refractivity contribution in [3.63, 3.8) is 0 Å². The minimum Gasteiger partial charge on any atom is -0.492 e. The molecule has 0 bridgehead atoms. The fourth-order valence-electron chi connectivity index (χ4n) is 2.42. The lowest BCUT2D eigenvalue weighted by Crippen LogP contribution is -2.36. The molecule has 1 fully saturated rings. The maximum absolute atomic E-state index is 11.6. The zero-order valence-electron chi connectivity index (χ0n) is 11.5. The second-order valence-corrected chi connectivity index (χ2v) is 5.28. The molecule has 1 aliphatic carbocycles. The van der Waals surface area contributed by atoms with Gasteiger partial charge < -0.3 is 10.1 Å². The lowest BCUT2D eigenvalue weighted by molar-refractivity contribution is -0.127. The number of nitrogens with one attached hydrogen (secondary N) is 1. The SMILES string of the molecule is O=C(NCCOc1ccc2ccccc2c1)C1CCC1. The standard InChI is InChI=1S/C17H19NO2/c19-17(14-6-3-7-14)18-10-11-20-16-9-8-13-4-1-2-5-15(13)12-16/h1-2,4-5,8-9,12,14H,3,6-7,10-11H2,(H,18,19). The topological polar surface area (TPSA) is 38.3 Å². The van der Waals surface area contributed by atoms with Crippen LogP contribution in [0.25, 0.3) is 10.8 Å². The maximum Gasteiger partial charge on any atom is 0.223 e. The second-order valence-electron chi connectivity index (χ2n) is 5.28. The number of hydrogen-bond donors (Lipinski definition) is 1. The molecule has 2 aromatic carbocycles. The zero-order chi connectivity index (χ0) is 13.8. The van der Waals surface area contributed by atoms with Gasteiger partial charge in [-0.1, -0.05) is 36.8 Å². The third-order valence-corrected chi connectivity index (χ3v) is 3.87. The monoisotopic (exact) mass is 269 g/mol. The molecule has 3 heteroatoms. The van der Waals surface area contributed by atoms with Gasteiger partial charge in [0.2, 0.25) is 5.91 Å². The van der Waals surface area contributed by atoms with E-state index < -0.39 is 0 Å². The van der Waals surface area contributed by atoms with E-state index in [0.29, 0.717) is 13.2 Å². The molecule has 2 aromatic rings. The predicted octanol–water partition coefficient (Wildman–Crippen LogP) is 3.13. The summed E-state index contributed by atoms with van der Waals surface area (Å²) in [6, 6.07) is 14.2. The van der Waals surface area contributed by atoms with Gasteiger partial charge in [0, 0.05) is 5.92 Å². The van der Waals surface area contributed by atoms with E-state index in [2.05, 4.69) is 23.5 Å². The van der Waals surface area contributed by atoms with Crippen molar-refractivity contribution in [3.05, 3.63) is 42.5 Å². The Morgan fingerprint density at radius 3 is 2.70 bits per heavy atom. The summed E-state index contributed by atoms with van der Waals surface area (Å²) < 4.78 is 5.68. The third kappa shape index (κ3) is 2.93. The Balaban J connectivity index is 1.48. The van der Waals surface area contributed by atoms with Crippen LogP contribution in [0, 0.1) is 5.92 Å². The Bertz CT molecular complexity index is 605. The summed E-state index contributed by atoms with van der Waals surface area (Å²) in [6.45, 7) is 1.08. The van der Waals surface area contributed by atoms with Crippen LogP contribution >= 0.6 is 0 Å². The van der Waals surface area contributed by atoms with Crippen molar-refractivity contribution >= 4 is 16.7 Å². The quantitative estimate of drug-likeness (QED) is 0.847. The molecule has 0 aliphatic heterocycles. The van der Waals surface area contributed by atoms with Crippen LogP contribution in [0.4, 0.5) is 0 Å². The summed E-state index contributed by atoms with van der Waals surface area (Å²) in [7, 11) is 0. The summed E-state index contributed by atoms with van der Waals surface area (Å²) in [6.07, 6.45) is 3.26. The Morgan fingerprint density at radius 1 is 1.15 bits per heavy atom. The van der Waals surface area contributed by atoms with Crippen LogP contribution in [0.3, 0.4) is 0 Å². The first-order chi connectivity index (χ1) is 9.83. The predicted molar refractivity (Wildman–Crippen MR) is 79.8 cm³/mol. The zero-order valence-corrected chi connectivity index (χ0v) is 11.5. The molecular formula is C17H19NO2. The molecule has 1 N–H and O–H groups in total. The van der Waals surface area contributed by atoms with E-state index in [0.717, 1.165) is 18.6 Å². The number of rotatable bonds is 5. The summed E-state index contributed by atoms with van der Waals surface area (Å²) in [5, 5.41) is 5.30. The van der Waals surface area contributed by atoms with Crippen molar-refractivity contribution in [1.82, 2.24) is 5.32 Å². The first kappa shape index (κ1) is 13.0. The average Bonchev–Trinajstić information content (AvgIpc) is 2.41. The van der Waals surface area contributed by atoms with Crippen molar-refractivity contribution in [3.8, 4) is 5.75 Å². The van der Waals surface area contributed by atoms with Gasteiger partial charge in [-0.05, 0) is 35.7 Å². The van der Waals surface area contributed by atoms with Gasteiger partial charge in [0.25, 0.3) is 0 Å². The highest BCUT2D eigenvalue weighted by Crippen LogP contribution is 2.26. The van der Waals surface area contributed by atoms with Gasteiger partial charge in [-0.2, -0.15) is 0 Å². The van der Waals surface area contributed by atoms with Crippen molar-refractivity contribution in [2.45, 2.75) is 19.3 Å². The van der Waals surface area contributed by atoms with E-state index in [4.69, 9.17) is 4.74 Å². The van der Waals surface area contributed by atoms with E-state index in [1.807, 2.05) is 24.3 Å². The van der Waals surface area contributed by atoms with Gasteiger partial charge in [0.1, 0.15) is 12.4 Å². The van der Waals surface area contributed by atoms with Crippen LogP contribution in [0.1, 0.15) is 19.3 Å².